The Morgan fingerprint density at radius 1 is 1.12 bits per heavy atom. The first-order chi connectivity index (χ1) is 16.2. The highest BCUT2D eigenvalue weighted by atomic mass is 19.4. The average molecular weight is 475 g/mol. The van der Waals surface area contributed by atoms with Crippen molar-refractivity contribution in [1.29, 1.82) is 0 Å². The number of methoxy groups -OCH3 is 1. The number of hydrogen-bond donors (Lipinski definition) is 3. The number of nitrogens with one attached hydrogen (secondary N) is 3. The van der Waals surface area contributed by atoms with E-state index in [0.29, 0.717) is 48.5 Å². The number of quaternary nitrogens is 1. The van der Waals surface area contributed by atoms with E-state index in [9.17, 15) is 22.8 Å². The highest BCUT2D eigenvalue weighted by molar-refractivity contribution is 6.11. The minimum atomic E-state index is -4.39. The normalized spacial score (nSPS) is 15.9. The number of rotatable bonds is 5. The van der Waals surface area contributed by atoms with Crippen LogP contribution in [0.1, 0.15) is 23.0 Å². The van der Waals surface area contributed by atoms with Gasteiger partial charge >= 0.3 is 12.1 Å². The number of para-hydroxylation sites is 1. The second kappa shape index (κ2) is 9.38. The fourth-order valence-electron chi connectivity index (χ4n) is 4.31. The lowest BCUT2D eigenvalue weighted by Gasteiger charge is -2.36. The van der Waals surface area contributed by atoms with Crippen LogP contribution in [0.2, 0.25) is 0 Å². The Hall–Kier alpha value is -3.53. The van der Waals surface area contributed by atoms with Crippen molar-refractivity contribution in [2.24, 2.45) is 0 Å². The van der Waals surface area contributed by atoms with Crippen LogP contribution in [0.5, 0.6) is 0 Å². The van der Waals surface area contributed by atoms with Crippen LogP contribution in [0, 0.1) is 0 Å². The maximum atomic E-state index is 13.1. The van der Waals surface area contributed by atoms with Crippen molar-refractivity contribution in [3.05, 3.63) is 59.8 Å². The number of esters is 1. The summed E-state index contributed by atoms with van der Waals surface area (Å²) >= 11 is 0. The van der Waals surface area contributed by atoms with Crippen LogP contribution >= 0.6 is 0 Å². The Labute approximate surface area is 194 Å². The first-order valence-corrected chi connectivity index (χ1v) is 11.0. The number of halogens is 3. The molecule has 0 radical (unpaired) electrons. The van der Waals surface area contributed by atoms with Crippen molar-refractivity contribution in [2.45, 2.75) is 19.1 Å². The fourth-order valence-corrected chi connectivity index (χ4v) is 4.31. The minimum Gasteiger partial charge on any atom is -0.464 e. The number of ether oxygens (including phenoxy) is 1. The van der Waals surface area contributed by atoms with Crippen molar-refractivity contribution in [1.82, 2.24) is 4.98 Å². The standard InChI is InChI=1S/C24H25F3N4O3/c1-15(22(32)29-20-18-8-3-4-9-19(18)28-21(20)23(33)34-2)30-10-12-31(13-11-30)17-7-5-6-16(14-17)24(25,26)27/h3-9,14-15,28H,10-13H2,1-2H3,(H,29,32)/p+1/t15-/m1/s1. The van der Waals surface area contributed by atoms with Crippen LogP contribution in [0.4, 0.5) is 24.5 Å². The molecule has 3 aromatic rings. The van der Waals surface area contributed by atoms with Crippen LogP contribution in [-0.2, 0) is 15.7 Å². The highest BCUT2D eigenvalue weighted by Crippen LogP contribution is 2.32. The summed E-state index contributed by atoms with van der Waals surface area (Å²) in [6.45, 7) is 4.02. The van der Waals surface area contributed by atoms with E-state index in [2.05, 4.69) is 10.3 Å². The topological polar surface area (TPSA) is 78.9 Å². The van der Waals surface area contributed by atoms with Gasteiger partial charge in [-0.15, -0.1) is 0 Å². The van der Waals surface area contributed by atoms with Gasteiger partial charge in [0.1, 0.15) is 5.69 Å². The second-order valence-electron chi connectivity index (χ2n) is 8.32. The molecule has 0 aliphatic carbocycles. The lowest BCUT2D eigenvalue weighted by molar-refractivity contribution is -0.914. The number of anilines is 2. The Bertz CT molecular complexity index is 1200. The van der Waals surface area contributed by atoms with Gasteiger partial charge in [-0.2, -0.15) is 13.2 Å². The fraction of sp³-hybridized carbons (Fsp3) is 0.333. The number of carbonyl (C=O) groups excluding carboxylic acids is 2. The SMILES string of the molecule is COC(=O)c1[nH]c2ccccc2c1NC(=O)[C@@H](C)[NH+]1CCN(c2cccc(C(F)(F)F)c2)CC1. The molecule has 7 nitrogen and oxygen atoms in total. The van der Waals surface area contributed by atoms with E-state index >= 15 is 0 Å². The zero-order valence-electron chi connectivity index (χ0n) is 18.8. The number of alkyl halides is 3. The quantitative estimate of drug-likeness (QED) is 0.496. The maximum Gasteiger partial charge on any atom is 0.416 e. The summed E-state index contributed by atoms with van der Waals surface area (Å²) in [5.41, 5.74) is 1.10. The number of carbonyl (C=O) groups is 2. The molecule has 1 aromatic heterocycles. The van der Waals surface area contributed by atoms with Crippen molar-refractivity contribution in [3.8, 4) is 0 Å². The number of hydrogen-bond acceptors (Lipinski definition) is 4. The first-order valence-electron chi connectivity index (χ1n) is 11.0. The smallest absolute Gasteiger partial charge is 0.416 e. The molecule has 2 heterocycles. The summed E-state index contributed by atoms with van der Waals surface area (Å²) in [5, 5.41) is 3.58. The van der Waals surface area contributed by atoms with Crippen LogP contribution in [-0.4, -0.2) is 56.2 Å². The summed E-state index contributed by atoms with van der Waals surface area (Å²) in [6, 6.07) is 12.1. The molecule has 3 N–H and O–H groups in total. The van der Waals surface area contributed by atoms with Crippen LogP contribution < -0.4 is 15.1 Å². The molecule has 1 amide bonds. The molecule has 1 fully saturated rings. The molecule has 1 atom stereocenters. The molecule has 2 aromatic carbocycles. The molecule has 10 heteroatoms. The monoisotopic (exact) mass is 475 g/mol. The average Bonchev–Trinajstić information content (AvgIpc) is 3.21. The van der Waals surface area contributed by atoms with Crippen molar-refractivity contribution >= 4 is 34.2 Å². The van der Waals surface area contributed by atoms with E-state index < -0.39 is 23.8 Å². The third-order valence-electron chi connectivity index (χ3n) is 6.29. The Morgan fingerprint density at radius 3 is 2.50 bits per heavy atom. The van der Waals surface area contributed by atoms with Gasteiger partial charge in [-0.1, -0.05) is 24.3 Å². The molecule has 1 aliphatic rings. The number of aromatic amines is 1. The molecule has 0 saturated carbocycles. The largest absolute Gasteiger partial charge is 0.464 e. The van der Waals surface area contributed by atoms with Crippen molar-refractivity contribution in [2.75, 3.05) is 43.5 Å². The van der Waals surface area contributed by atoms with E-state index in [1.54, 1.807) is 25.1 Å². The molecule has 4 rings (SSSR count). The van der Waals surface area contributed by atoms with Crippen LogP contribution in [0.25, 0.3) is 10.9 Å². The van der Waals surface area contributed by atoms with Gasteiger partial charge in [0.2, 0.25) is 0 Å². The van der Waals surface area contributed by atoms with Gasteiger partial charge in [-0.05, 0) is 31.2 Å². The summed E-state index contributed by atoms with van der Waals surface area (Å²) in [4.78, 5) is 31.2. The number of H-pyrrole nitrogens is 1. The lowest BCUT2D eigenvalue weighted by Crippen LogP contribution is -3.19. The van der Waals surface area contributed by atoms with E-state index in [0.717, 1.165) is 17.0 Å². The summed E-state index contributed by atoms with van der Waals surface area (Å²) in [7, 11) is 1.27. The summed E-state index contributed by atoms with van der Waals surface area (Å²) < 4.78 is 44.0. The van der Waals surface area contributed by atoms with Gasteiger partial charge < -0.3 is 24.8 Å². The number of fused-ring (bicyclic) bond motifs is 1. The molecule has 0 spiro atoms. The zero-order chi connectivity index (χ0) is 24.5. The van der Waals surface area contributed by atoms with Gasteiger partial charge in [0.25, 0.3) is 5.91 Å². The van der Waals surface area contributed by atoms with Gasteiger partial charge in [0.05, 0.1) is 44.5 Å². The third kappa shape index (κ3) is 4.72. The van der Waals surface area contributed by atoms with Gasteiger partial charge in [-0.3, -0.25) is 4.79 Å². The van der Waals surface area contributed by atoms with Gasteiger partial charge in [0.15, 0.2) is 6.04 Å². The Morgan fingerprint density at radius 2 is 1.82 bits per heavy atom. The lowest BCUT2D eigenvalue weighted by atomic mass is 10.1. The maximum absolute atomic E-state index is 13.1. The molecule has 180 valence electrons. The van der Waals surface area contributed by atoms with Gasteiger partial charge in [-0.25, -0.2) is 4.79 Å². The third-order valence-corrected chi connectivity index (χ3v) is 6.29. The summed E-state index contributed by atoms with van der Waals surface area (Å²) in [6.07, 6.45) is -4.39. The van der Waals surface area contributed by atoms with E-state index in [1.165, 1.54) is 13.2 Å². The molecular formula is C24H26F3N4O3+. The molecular weight excluding hydrogens is 449 g/mol. The van der Waals surface area contributed by atoms with Gasteiger partial charge in [0, 0.05) is 16.6 Å². The van der Waals surface area contributed by atoms with Crippen LogP contribution in [0.3, 0.4) is 0 Å². The molecule has 0 unspecified atom stereocenters. The zero-order valence-corrected chi connectivity index (χ0v) is 18.8. The van der Waals surface area contributed by atoms with E-state index in [4.69, 9.17) is 4.74 Å². The number of nitrogens with zero attached hydrogens (tertiary/aromatic N) is 1. The van der Waals surface area contributed by atoms with Crippen molar-refractivity contribution < 1.29 is 32.4 Å². The molecule has 1 saturated heterocycles. The molecule has 0 bridgehead atoms. The van der Waals surface area contributed by atoms with Crippen molar-refractivity contribution in [3.63, 3.8) is 0 Å². The predicted octanol–water partition coefficient (Wildman–Crippen LogP) is 2.71. The second-order valence-corrected chi connectivity index (χ2v) is 8.32. The minimum absolute atomic E-state index is 0.175. The predicted molar refractivity (Wildman–Crippen MR) is 122 cm³/mol. The Kier molecular flexibility index (Phi) is 6.52. The number of benzene rings is 2. The molecule has 34 heavy (non-hydrogen) atoms. The summed E-state index contributed by atoms with van der Waals surface area (Å²) in [5.74, 6) is -0.835. The number of piperazine rings is 1. The number of amides is 1. The van der Waals surface area contributed by atoms with E-state index in [-0.39, 0.29) is 11.6 Å². The Balaban J connectivity index is 1.44. The highest BCUT2D eigenvalue weighted by Gasteiger charge is 2.33. The first kappa shape index (κ1) is 23.6. The van der Waals surface area contributed by atoms with Crippen LogP contribution in [0.15, 0.2) is 48.5 Å². The molecule has 1 aliphatic heterocycles. The van der Waals surface area contributed by atoms with E-state index in [1.807, 2.05) is 17.0 Å². The number of aromatic nitrogens is 1.